The van der Waals surface area contributed by atoms with Crippen LogP contribution in [0.15, 0.2) is 44.0 Å². The average molecular weight is 339 g/mol. The van der Waals surface area contributed by atoms with E-state index in [9.17, 15) is 9.18 Å². The van der Waals surface area contributed by atoms with E-state index in [4.69, 9.17) is 14.9 Å². The van der Waals surface area contributed by atoms with Crippen molar-refractivity contribution in [2.45, 2.75) is 0 Å². The molecule has 0 saturated heterocycles. The van der Waals surface area contributed by atoms with Gasteiger partial charge in [-0.1, -0.05) is 0 Å². The van der Waals surface area contributed by atoms with E-state index >= 15 is 0 Å². The summed E-state index contributed by atoms with van der Waals surface area (Å²) in [5, 5.41) is 0. The van der Waals surface area contributed by atoms with E-state index in [2.05, 4.69) is 20.9 Å². The van der Waals surface area contributed by atoms with Crippen molar-refractivity contribution in [2.75, 3.05) is 5.73 Å². The molecule has 3 N–H and O–H groups in total. The van der Waals surface area contributed by atoms with Gasteiger partial charge in [0.05, 0.1) is 15.7 Å². The lowest BCUT2D eigenvalue weighted by Crippen LogP contribution is -1.94. The molecule has 0 aliphatic heterocycles. The fourth-order valence-corrected chi connectivity index (χ4v) is 2.11. The number of nitrogens with two attached hydrogens (primary N) is 1. The topological polar surface area (TPSA) is 81.2 Å². The smallest absolute Gasteiger partial charge is 0.417 e. The number of fused-ring (bicyclic) bond motifs is 1. The van der Waals surface area contributed by atoms with Crippen LogP contribution < -0.4 is 16.2 Å². The maximum atomic E-state index is 13.1. The molecule has 1 heterocycles. The van der Waals surface area contributed by atoms with Crippen molar-refractivity contribution >= 4 is 32.7 Å². The van der Waals surface area contributed by atoms with E-state index < -0.39 is 5.76 Å². The Morgan fingerprint density at radius 2 is 2.10 bits per heavy atom. The van der Waals surface area contributed by atoms with Crippen molar-refractivity contribution in [1.82, 2.24) is 4.98 Å². The van der Waals surface area contributed by atoms with Crippen LogP contribution in [0.4, 0.5) is 10.1 Å². The summed E-state index contributed by atoms with van der Waals surface area (Å²) in [6, 6.07) is 7.26. The summed E-state index contributed by atoms with van der Waals surface area (Å²) in [6.45, 7) is 0. The van der Waals surface area contributed by atoms with Crippen molar-refractivity contribution in [3.63, 3.8) is 0 Å². The van der Waals surface area contributed by atoms with Crippen molar-refractivity contribution in [1.29, 1.82) is 0 Å². The van der Waals surface area contributed by atoms with Gasteiger partial charge < -0.3 is 14.9 Å². The quantitative estimate of drug-likeness (QED) is 0.701. The minimum Gasteiger partial charge on any atom is -0.455 e. The molecule has 0 amide bonds. The van der Waals surface area contributed by atoms with Crippen LogP contribution in [0.25, 0.3) is 11.1 Å². The molecular weight excluding hydrogens is 331 g/mol. The fourth-order valence-electron chi connectivity index (χ4n) is 1.75. The zero-order valence-corrected chi connectivity index (χ0v) is 11.5. The van der Waals surface area contributed by atoms with Crippen LogP contribution in [0.2, 0.25) is 0 Å². The third-order valence-corrected chi connectivity index (χ3v) is 3.28. The molecule has 0 aliphatic rings. The zero-order valence-electron chi connectivity index (χ0n) is 9.94. The first-order valence-electron chi connectivity index (χ1n) is 5.58. The molecule has 0 unspecified atom stereocenters. The van der Waals surface area contributed by atoms with Gasteiger partial charge in [-0.3, -0.25) is 4.98 Å². The third-order valence-electron chi connectivity index (χ3n) is 2.67. The van der Waals surface area contributed by atoms with E-state index in [-0.39, 0.29) is 10.3 Å². The minimum absolute atomic E-state index is 0.284. The number of halogens is 2. The molecule has 2 aromatic carbocycles. The SMILES string of the molecule is Nc1cc2oc(=O)[nH]c2cc1Oc1ccc(F)c(Br)c1. The molecule has 0 aliphatic carbocycles. The van der Waals surface area contributed by atoms with Crippen LogP contribution in [-0.4, -0.2) is 4.98 Å². The number of hydrogen-bond donors (Lipinski definition) is 2. The lowest BCUT2D eigenvalue weighted by Gasteiger charge is -2.08. The summed E-state index contributed by atoms with van der Waals surface area (Å²) >= 11 is 3.07. The van der Waals surface area contributed by atoms with Crippen molar-refractivity contribution < 1.29 is 13.5 Å². The Kier molecular flexibility index (Phi) is 2.98. The minimum atomic E-state index is -0.568. The summed E-state index contributed by atoms with van der Waals surface area (Å²) in [4.78, 5) is 13.6. The second-order valence-electron chi connectivity index (χ2n) is 4.08. The molecule has 1 aromatic heterocycles. The summed E-state index contributed by atoms with van der Waals surface area (Å²) in [5.74, 6) is -0.204. The molecule has 3 aromatic rings. The lowest BCUT2D eigenvalue weighted by molar-refractivity contribution is 0.482. The number of anilines is 1. The Bertz CT molecular complexity index is 856. The molecule has 0 saturated carbocycles. The number of aromatic amines is 1. The number of oxazole rings is 1. The van der Waals surface area contributed by atoms with Gasteiger partial charge in [-0.2, -0.15) is 0 Å². The highest BCUT2D eigenvalue weighted by atomic mass is 79.9. The number of nitrogens with one attached hydrogen (secondary N) is 1. The molecular formula is C13H8BrFN2O3. The Morgan fingerprint density at radius 1 is 1.30 bits per heavy atom. The molecule has 0 spiro atoms. The van der Waals surface area contributed by atoms with Gasteiger partial charge >= 0.3 is 5.76 Å². The third kappa shape index (κ3) is 2.27. The zero-order chi connectivity index (χ0) is 14.3. The Morgan fingerprint density at radius 3 is 2.85 bits per heavy atom. The average Bonchev–Trinajstić information content (AvgIpc) is 2.73. The highest BCUT2D eigenvalue weighted by Gasteiger charge is 2.09. The predicted molar refractivity (Wildman–Crippen MR) is 75.4 cm³/mol. The van der Waals surface area contributed by atoms with Crippen LogP contribution in [0.3, 0.4) is 0 Å². The number of benzene rings is 2. The van der Waals surface area contributed by atoms with Gasteiger partial charge in [-0.25, -0.2) is 9.18 Å². The van der Waals surface area contributed by atoms with Gasteiger partial charge in [0.2, 0.25) is 0 Å². The Labute approximate surface area is 120 Å². The summed E-state index contributed by atoms with van der Waals surface area (Å²) < 4.78 is 23.9. The van der Waals surface area contributed by atoms with E-state index in [0.29, 0.717) is 28.3 Å². The summed E-state index contributed by atoms with van der Waals surface area (Å²) in [5.41, 5.74) is 6.95. The molecule has 0 fully saturated rings. The number of ether oxygens (including phenoxy) is 1. The monoisotopic (exact) mass is 338 g/mol. The van der Waals surface area contributed by atoms with Gasteiger partial charge in [-0.15, -0.1) is 0 Å². The maximum absolute atomic E-state index is 13.1. The number of hydrogen-bond acceptors (Lipinski definition) is 4. The number of H-pyrrole nitrogens is 1. The number of rotatable bonds is 2. The van der Waals surface area contributed by atoms with Crippen molar-refractivity contribution in [2.24, 2.45) is 0 Å². The first-order valence-corrected chi connectivity index (χ1v) is 6.37. The fraction of sp³-hybridized carbons (Fsp3) is 0. The Hall–Kier alpha value is -2.28. The van der Waals surface area contributed by atoms with E-state index in [1.54, 1.807) is 6.07 Å². The van der Waals surface area contributed by atoms with E-state index in [1.807, 2.05) is 0 Å². The Balaban J connectivity index is 2.02. The van der Waals surface area contributed by atoms with Crippen molar-refractivity contribution in [3.05, 3.63) is 51.2 Å². The van der Waals surface area contributed by atoms with Gasteiger partial charge in [0.15, 0.2) is 11.3 Å². The van der Waals surface area contributed by atoms with Gasteiger partial charge in [0, 0.05) is 12.1 Å². The van der Waals surface area contributed by atoms with Gasteiger partial charge in [0.1, 0.15) is 11.6 Å². The first-order chi connectivity index (χ1) is 9.52. The number of nitrogen functional groups attached to an aromatic ring is 1. The van der Waals surface area contributed by atoms with Crippen molar-refractivity contribution in [3.8, 4) is 11.5 Å². The summed E-state index contributed by atoms with van der Waals surface area (Å²) in [7, 11) is 0. The van der Waals surface area contributed by atoms with Crippen LogP contribution in [-0.2, 0) is 0 Å². The molecule has 102 valence electrons. The van der Waals surface area contributed by atoms with Crippen LogP contribution in [0.5, 0.6) is 11.5 Å². The molecule has 5 nitrogen and oxygen atoms in total. The second-order valence-corrected chi connectivity index (χ2v) is 4.93. The summed E-state index contributed by atoms with van der Waals surface area (Å²) in [6.07, 6.45) is 0. The molecule has 0 bridgehead atoms. The highest BCUT2D eigenvalue weighted by molar-refractivity contribution is 9.10. The van der Waals surface area contributed by atoms with Gasteiger partial charge in [0.25, 0.3) is 0 Å². The van der Waals surface area contributed by atoms with E-state index in [1.165, 1.54) is 24.3 Å². The predicted octanol–water partition coefficient (Wildman–Crippen LogP) is 3.40. The largest absolute Gasteiger partial charge is 0.455 e. The molecule has 0 atom stereocenters. The standard InChI is InChI=1S/C13H8BrFN2O3/c14-7-3-6(1-2-8(7)15)19-11-5-10-12(4-9(11)16)20-13(18)17-10/h1-5H,16H2,(H,17,18). The number of aromatic nitrogens is 1. The van der Waals surface area contributed by atoms with Crippen LogP contribution in [0, 0.1) is 5.82 Å². The van der Waals surface area contributed by atoms with E-state index in [0.717, 1.165) is 0 Å². The molecule has 20 heavy (non-hydrogen) atoms. The molecule has 3 rings (SSSR count). The van der Waals surface area contributed by atoms with Crippen LogP contribution in [0.1, 0.15) is 0 Å². The lowest BCUT2D eigenvalue weighted by atomic mass is 10.2. The molecule has 0 radical (unpaired) electrons. The maximum Gasteiger partial charge on any atom is 0.417 e. The van der Waals surface area contributed by atoms with Crippen LogP contribution >= 0.6 is 15.9 Å². The normalized spacial score (nSPS) is 10.9. The second kappa shape index (κ2) is 4.68. The first kappa shape index (κ1) is 12.7. The highest BCUT2D eigenvalue weighted by Crippen LogP contribution is 2.32. The van der Waals surface area contributed by atoms with Gasteiger partial charge in [-0.05, 0) is 34.1 Å². The molecule has 7 heteroatoms.